The lowest BCUT2D eigenvalue weighted by molar-refractivity contribution is 0.677. The van der Waals surface area contributed by atoms with Crippen LogP contribution in [0, 0.1) is 0 Å². The van der Waals surface area contributed by atoms with Gasteiger partial charge in [0.2, 0.25) is 0 Å². The van der Waals surface area contributed by atoms with Crippen molar-refractivity contribution in [2.45, 2.75) is 0 Å². The monoisotopic (exact) mass is 796 g/mol. The zero-order valence-corrected chi connectivity index (χ0v) is 34.2. The maximum absolute atomic E-state index is 7.10. The van der Waals surface area contributed by atoms with E-state index in [2.05, 4.69) is 218 Å². The lowest BCUT2D eigenvalue weighted by atomic mass is 9.83. The largest absolute Gasteiger partial charge is 0.455 e. The summed E-state index contributed by atoms with van der Waals surface area (Å²) in [6.45, 7) is 0. The quantitative estimate of drug-likeness (QED) is 0.128. The molecule has 0 amide bonds. The number of rotatable bonds is 3. The Balaban J connectivity index is 1.01. The van der Waals surface area contributed by atoms with Gasteiger partial charge in [-0.2, -0.15) is 0 Å². The predicted molar refractivity (Wildman–Crippen MR) is 270 cm³/mol. The lowest BCUT2D eigenvalue weighted by Gasteiger charge is -2.20. The Morgan fingerprint density at radius 1 is 0.222 bits per heavy atom. The molecule has 0 spiro atoms. The SMILES string of the molecule is c1ccc2cc(-c3c4ccccc4c(-c4ccc(-c5ccc6c(c5)c5ccccc5c5c6oc6c7ccccc7c7ccccc7c65)c5ccccc45)c4ccccc34)ccc2c1. The third-order valence-corrected chi connectivity index (χ3v) is 13.8. The van der Waals surface area contributed by atoms with E-state index in [1.165, 1.54) is 120 Å². The van der Waals surface area contributed by atoms with Gasteiger partial charge in [-0.15, -0.1) is 0 Å². The molecule has 0 unspecified atom stereocenters. The average molecular weight is 797 g/mol. The van der Waals surface area contributed by atoms with Crippen molar-refractivity contribution in [1.29, 1.82) is 0 Å². The third kappa shape index (κ3) is 4.88. The van der Waals surface area contributed by atoms with E-state index in [0.717, 1.165) is 21.9 Å². The molecule has 1 heterocycles. The van der Waals surface area contributed by atoms with Crippen LogP contribution >= 0.6 is 0 Å². The van der Waals surface area contributed by atoms with Crippen molar-refractivity contribution in [3.63, 3.8) is 0 Å². The van der Waals surface area contributed by atoms with Crippen LogP contribution in [0.1, 0.15) is 0 Å². The fraction of sp³-hybridized carbons (Fsp3) is 0. The fourth-order valence-corrected chi connectivity index (χ4v) is 11.1. The second-order valence-corrected chi connectivity index (χ2v) is 17.0. The zero-order valence-electron chi connectivity index (χ0n) is 34.2. The molecule has 0 aliphatic heterocycles. The summed E-state index contributed by atoms with van der Waals surface area (Å²) >= 11 is 0. The second kappa shape index (κ2) is 13.1. The third-order valence-electron chi connectivity index (χ3n) is 13.8. The summed E-state index contributed by atoms with van der Waals surface area (Å²) < 4.78 is 7.10. The summed E-state index contributed by atoms with van der Waals surface area (Å²) in [6.07, 6.45) is 0. The van der Waals surface area contributed by atoms with Crippen LogP contribution in [0.5, 0.6) is 0 Å². The predicted octanol–water partition coefficient (Wildman–Crippen LogP) is 17.8. The van der Waals surface area contributed by atoms with Gasteiger partial charge in [-0.05, 0) is 127 Å². The van der Waals surface area contributed by atoms with Gasteiger partial charge < -0.3 is 4.42 Å². The first-order chi connectivity index (χ1) is 31.3. The van der Waals surface area contributed by atoms with Crippen molar-refractivity contribution < 1.29 is 4.42 Å². The Labute approximate surface area is 362 Å². The van der Waals surface area contributed by atoms with Crippen LogP contribution in [-0.4, -0.2) is 0 Å². The van der Waals surface area contributed by atoms with Crippen molar-refractivity contribution >= 4 is 108 Å². The van der Waals surface area contributed by atoms with Crippen LogP contribution in [0.4, 0.5) is 0 Å². The van der Waals surface area contributed by atoms with E-state index in [1.54, 1.807) is 0 Å². The van der Waals surface area contributed by atoms with Gasteiger partial charge >= 0.3 is 0 Å². The standard InChI is InChI=1S/C62H36O/c1-2-16-38-35-40(30-29-37(38)15-1)57-49-24-10-12-26-51(49)58(52-27-13-11-25-50(52)57)53-34-33-41(42-17-3-4-18-43(42)53)39-31-32-55-56(36-39)46-21-6-9-23-48(46)60-59-47-22-8-5-19-44(47)45-20-7-14-28-54(45)61(59)63-62(55)60/h1-36H. The molecule has 0 radical (unpaired) electrons. The number of benzene rings is 13. The van der Waals surface area contributed by atoms with E-state index in [0.29, 0.717) is 0 Å². The maximum Gasteiger partial charge on any atom is 0.143 e. The normalized spacial score (nSPS) is 12.1. The Bertz CT molecular complexity index is 4200. The molecule has 0 fully saturated rings. The average Bonchev–Trinajstić information content (AvgIpc) is 3.77. The molecule has 13 aromatic carbocycles. The maximum atomic E-state index is 7.10. The summed E-state index contributed by atoms with van der Waals surface area (Å²) in [7, 11) is 0. The molecule has 0 aliphatic rings. The first kappa shape index (κ1) is 34.5. The van der Waals surface area contributed by atoms with Crippen LogP contribution in [-0.2, 0) is 0 Å². The van der Waals surface area contributed by atoms with Crippen LogP contribution < -0.4 is 0 Å². The molecule has 0 atom stereocenters. The van der Waals surface area contributed by atoms with Crippen molar-refractivity contribution in [3.05, 3.63) is 218 Å². The molecular formula is C62H36O. The molecule has 1 aromatic heterocycles. The summed E-state index contributed by atoms with van der Waals surface area (Å²) in [5.41, 5.74) is 9.31. The van der Waals surface area contributed by atoms with Crippen molar-refractivity contribution in [2.24, 2.45) is 0 Å². The second-order valence-electron chi connectivity index (χ2n) is 17.0. The van der Waals surface area contributed by atoms with Crippen molar-refractivity contribution in [1.82, 2.24) is 0 Å². The number of fused-ring (bicyclic) bond motifs is 17. The highest BCUT2D eigenvalue weighted by Crippen LogP contribution is 2.49. The van der Waals surface area contributed by atoms with Gasteiger partial charge in [-0.3, -0.25) is 0 Å². The minimum absolute atomic E-state index is 0.942. The minimum atomic E-state index is 0.942. The summed E-state index contributed by atoms with van der Waals surface area (Å²) in [6, 6.07) is 80.5. The van der Waals surface area contributed by atoms with Crippen LogP contribution in [0.3, 0.4) is 0 Å². The Morgan fingerprint density at radius 3 is 1.25 bits per heavy atom. The van der Waals surface area contributed by atoms with Gasteiger partial charge in [-0.1, -0.05) is 200 Å². The smallest absolute Gasteiger partial charge is 0.143 e. The highest BCUT2D eigenvalue weighted by Gasteiger charge is 2.22. The molecule has 0 bridgehead atoms. The van der Waals surface area contributed by atoms with Crippen molar-refractivity contribution in [3.8, 4) is 33.4 Å². The molecule has 0 saturated carbocycles. The first-order valence-corrected chi connectivity index (χ1v) is 21.8. The molecule has 0 saturated heterocycles. The lowest BCUT2D eigenvalue weighted by Crippen LogP contribution is -1.92. The molecular weight excluding hydrogens is 761 g/mol. The van der Waals surface area contributed by atoms with Gasteiger partial charge in [0.05, 0.1) is 0 Å². The Hall–Kier alpha value is -8.26. The molecule has 290 valence electrons. The summed E-state index contributed by atoms with van der Waals surface area (Å²) in [4.78, 5) is 0. The van der Waals surface area contributed by atoms with Gasteiger partial charge in [-0.25, -0.2) is 0 Å². The van der Waals surface area contributed by atoms with E-state index in [1.807, 2.05) is 0 Å². The van der Waals surface area contributed by atoms with Gasteiger partial charge in [0, 0.05) is 21.5 Å². The van der Waals surface area contributed by atoms with Crippen LogP contribution in [0.25, 0.3) is 141 Å². The van der Waals surface area contributed by atoms with E-state index in [-0.39, 0.29) is 0 Å². The Morgan fingerprint density at radius 2 is 0.635 bits per heavy atom. The number of furan rings is 1. The van der Waals surface area contributed by atoms with Gasteiger partial charge in [0.1, 0.15) is 11.2 Å². The van der Waals surface area contributed by atoms with Crippen LogP contribution in [0.15, 0.2) is 223 Å². The van der Waals surface area contributed by atoms with Gasteiger partial charge in [0.25, 0.3) is 0 Å². The fourth-order valence-electron chi connectivity index (χ4n) is 11.1. The topological polar surface area (TPSA) is 13.1 Å². The van der Waals surface area contributed by atoms with E-state index in [4.69, 9.17) is 4.42 Å². The zero-order chi connectivity index (χ0) is 41.2. The highest BCUT2D eigenvalue weighted by molar-refractivity contribution is 6.38. The molecule has 14 aromatic rings. The molecule has 0 N–H and O–H groups in total. The first-order valence-electron chi connectivity index (χ1n) is 21.8. The van der Waals surface area contributed by atoms with E-state index < -0.39 is 0 Å². The highest BCUT2D eigenvalue weighted by atomic mass is 16.3. The molecule has 14 rings (SSSR count). The summed E-state index contributed by atoms with van der Waals surface area (Å²) in [5, 5.41) is 22.0. The number of hydrogen-bond acceptors (Lipinski definition) is 1. The molecule has 1 nitrogen and oxygen atoms in total. The van der Waals surface area contributed by atoms with Crippen LogP contribution in [0.2, 0.25) is 0 Å². The van der Waals surface area contributed by atoms with E-state index in [9.17, 15) is 0 Å². The minimum Gasteiger partial charge on any atom is -0.455 e. The number of hydrogen-bond donors (Lipinski definition) is 0. The molecule has 1 heteroatoms. The molecule has 0 aliphatic carbocycles. The van der Waals surface area contributed by atoms with Gasteiger partial charge in [0.15, 0.2) is 0 Å². The summed E-state index contributed by atoms with van der Waals surface area (Å²) in [5.74, 6) is 0. The van der Waals surface area contributed by atoms with Crippen molar-refractivity contribution in [2.75, 3.05) is 0 Å². The van der Waals surface area contributed by atoms with E-state index >= 15 is 0 Å². The molecule has 63 heavy (non-hydrogen) atoms. The Kier molecular flexibility index (Phi) is 7.17.